The Morgan fingerprint density at radius 1 is 1.28 bits per heavy atom. The van der Waals surface area contributed by atoms with Gasteiger partial charge < -0.3 is 0 Å². The van der Waals surface area contributed by atoms with Crippen molar-refractivity contribution in [2.45, 2.75) is 13.3 Å². The molecule has 1 aromatic carbocycles. The highest BCUT2D eigenvalue weighted by molar-refractivity contribution is 14.1. The highest BCUT2D eigenvalue weighted by Gasteiger charge is 2.11. The van der Waals surface area contributed by atoms with E-state index < -0.39 is 5.82 Å². The summed E-state index contributed by atoms with van der Waals surface area (Å²) in [6, 6.07) is 4.86. The highest BCUT2D eigenvalue weighted by Crippen LogP contribution is 2.22. The minimum Gasteiger partial charge on any atom is -0.237 e. The normalized spacial score (nSPS) is 10.7. The van der Waals surface area contributed by atoms with Gasteiger partial charge in [0.1, 0.15) is 16.8 Å². The minimum absolute atomic E-state index is 0.0980. The third-order valence-corrected chi connectivity index (χ3v) is 4.58. The number of hydrogen-bond acceptors (Lipinski definition) is 2. The van der Waals surface area contributed by atoms with E-state index in [4.69, 9.17) is 23.2 Å². The van der Waals surface area contributed by atoms with E-state index in [9.17, 15) is 4.39 Å². The summed E-state index contributed by atoms with van der Waals surface area (Å²) >= 11 is 13.8. The van der Waals surface area contributed by atoms with E-state index in [0.29, 0.717) is 16.5 Å². The van der Waals surface area contributed by atoms with E-state index in [2.05, 4.69) is 32.6 Å². The van der Waals surface area contributed by atoms with Gasteiger partial charge in [-0.25, -0.2) is 14.4 Å². The second-order valence-electron chi connectivity index (χ2n) is 3.72. The minimum atomic E-state index is -0.435. The van der Waals surface area contributed by atoms with Crippen LogP contribution in [0, 0.1) is 16.3 Å². The number of hydrogen-bond donors (Lipinski definition) is 0. The first-order chi connectivity index (χ1) is 8.49. The molecule has 0 bridgehead atoms. The Morgan fingerprint density at radius 2 is 2.00 bits per heavy atom. The average Bonchev–Trinajstić information content (AvgIpc) is 2.32. The van der Waals surface area contributed by atoms with Crippen LogP contribution >= 0.6 is 45.8 Å². The van der Waals surface area contributed by atoms with Gasteiger partial charge in [-0.3, -0.25) is 0 Å². The lowest BCUT2D eigenvalue weighted by atomic mass is 10.1. The fraction of sp³-hybridized carbons (Fsp3) is 0.167. The molecule has 0 amide bonds. The van der Waals surface area contributed by atoms with Crippen molar-refractivity contribution in [1.29, 1.82) is 0 Å². The molecule has 0 unspecified atom stereocenters. The Kier molecular flexibility index (Phi) is 4.40. The Morgan fingerprint density at radius 3 is 2.67 bits per heavy atom. The Balaban J connectivity index is 2.37. The van der Waals surface area contributed by atoms with E-state index in [1.54, 1.807) is 12.1 Å². The predicted molar refractivity (Wildman–Crippen MR) is 78.7 cm³/mol. The first-order valence-electron chi connectivity index (χ1n) is 5.10. The third-order valence-electron chi connectivity index (χ3n) is 2.40. The molecule has 2 rings (SSSR count). The average molecular weight is 397 g/mol. The van der Waals surface area contributed by atoms with Crippen molar-refractivity contribution >= 4 is 45.8 Å². The van der Waals surface area contributed by atoms with Gasteiger partial charge in [-0.05, 0) is 41.1 Å². The SMILES string of the molecule is Cc1nc(Cc2cccc(Cl)c2F)nc(Cl)c1I. The Labute approximate surface area is 128 Å². The predicted octanol–water partition coefficient (Wildman–Crippen LogP) is 4.43. The lowest BCUT2D eigenvalue weighted by molar-refractivity contribution is 0.612. The smallest absolute Gasteiger partial charge is 0.146 e. The van der Waals surface area contributed by atoms with Crippen LogP contribution in [0.3, 0.4) is 0 Å². The standard InChI is InChI=1S/C12H8Cl2FIN2/c1-6-11(16)12(14)18-9(17-6)5-7-3-2-4-8(13)10(7)15/h2-4H,5H2,1H3. The number of rotatable bonds is 2. The van der Waals surface area contributed by atoms with Gasteiger partial charge in [0.15, 0.2) is 0 Å². The van der Waals surface area contributed by atoms with Gasteiger partial charge in [0.25, 0.3) is 0 Å². The van der Waals surface area contributed by atoms with E-state index >= 15 is 0 Å². The molecule has 94 valence electrons. The molecule has 0 saturated carbocycles. The largest absolute Gasteiger partial charge is 0.237 e. The van der Waals surface area contributed by atoms with Crippen LogP contribution in [0.25, 0.3) is 0 Å². The zero-order chi connectivity index (χ0) is 13.3. The van der Waals surface area contributed by atoms with Crippen LogP contribution in [0.15, 0.2) is 18.2 Å². The molecule has 0 aliphatic rings. The first-order valence-corrected chi connectivity index (χ1v) is 6.94. The summed E-state index contributed by atoms with van der Waals surface area (Å²) in [5, 5.41) is 0.487. The fourth-order valence-corrected chi connectivity index (χ4v) is 2.18. The molecule has 0 N–H and O–H groups in total. The number of nitrogens with zero attached hydrogens (tertiary/aromatic N) is 2. The summed E-state index contributed by atoms with van der Waals surface area (Å²) in [6.07, 6.45) is 0.268. The molecule has 0 aliphatic heterocycles. The quantitative estimate of drug-likeness (QED) is 0.554. The summed E-state index contributed by atoms with van der Waals surface area (Å²) in [7, 11) is 0. The Bertz CT molecular complexity index is 582. The molecule has 0 radical (unpaired) electrons. The van der Waals surface area contributed by atoms with Crippen LogP contribution in [-0.4, -0.2) is 9.97 Å². The second-order valence-corrected chi connectivity index (χ2v) is 5.56. The van der Waals surface area contributed by atoms with Crippen molar-refractivity contribution in [3.05, 3.63) is 54.8 Å². The van der Waals surface area contributed by atoms with E-state index in [1.807, 2.05) is 6.92 Å². The van der Waals surface area contributed by atoms with Gasteiger partial charge in [0.2, 0.25) is 0 Å². The molecule has 6 heteroatoms. The van der Waals surface area contributed by atoms with Crippen molar-refractivity contribution < 1.29 is 4.39 Å². The molecule has 1 heterocycles. The van der Waals surface area contributed by atoms with Crippen molar-refractivity contribution in [2.75, 3.05) is 0 Å². The molecule has 0 atom stereocenters. The molecule has 18 heavy (non-hydrogen) atoms. The van der Waals surface area contributed by atoms with Crippen LogP contribution in [0.2, 0.25) is 10.2 Å². The van der Waals surface area contributed by atoms with Crippen molar-refractivity contribution in [3.63, 3.8) is 0 Å². The van der Waals surface area contributed by atoms with Gasteiger partial charge in [0, 0.05) is 6.42 Å². The molecule has 2 nitrogen and oxygen atoms in total. The molecule has 0 aliphatic carbocycles. The third kappa shape index (κ3) is 2.92. The van der Waals surface area contributed by atoms with Crippen LogP contribution in [0.1, 0.15) is 17.1 Å². The van der Waals surface area contributed by atoms with E-state index in [-0.39, 0.29) is 11.4 Å². The van der Waals surface area contributed by atoms with Crippen molar-refractivity contribution in [1.82, 2.24) is 9.97 Å². The molecule has 0 fully saturated rings. The van der Waals surface area contributed by atoms with Crippen molar-refractivity contribution in [3.8, 4) is 0 Å². The monoisotopic (exact) mass is 396 g/mol. The van der Waals surface area contributed by atoms with Gasteiger partial charge in [-0.15, -0.1) is 0 Å². The summed E-state index contributed by atoms with van der Waals surface area (Å²) in [5.74, 6) is 0.0502. The maximum atomic E-state index is 13.7. The number of benzene rings is 1. The summed E-state index contributed by atoms with van der Waals surface area (Å²) in [6.45, 7) is 1.84. The van der Waals surface area contributed by atoms with Crippen molar-refractivity contribution in [2.24, 2.45) is 0 Å². The lowest BCUT2D eigenvalue weighted by Crippen LogP contribution is -2.03. The molecular weight excluding hydrogens is 389 g/mol. The zero-order valence-corrected chi connectivity index (χ0v) is 13.0. The maximum Gasteiger partial charge on any atom is 0.146 e. The summed E-state index contributed by atoms with van der Waals surface area (Å²) < 4.78 is 14.6. The van der Waals surface area contributed by atoms with E-state index in [0.717, 1.165) is 9.26 Å². The van der Waals surface area contributed by atoms with Crippen LogP contribution < -0.4 is 0 Å². The summed E-state index contributed by atoms with van der Waals surface area (Å²) in [5.41, 5.74) is 1.24. The summed E-state index contributed by atoms with van der Waals surface area (Å²) in [4.78, 5) is 8.42. The van der Waals surface area contributed by atoms with Gasteiger partial charge in [-0.1, -0.05) is 35.3 Å². The van der Waals surface area contributed by atoms with Gasteiger partial charge >= 0.3 is 0 Å². The van der Waals surface area contributed by atoms with Crippen LogP contribution in [0.4, 0.5) is 4.39 Å². The van der Waals surface area contributed by atoms with Gasteiger partial charge in [0.05, 0.1) is 14.3 Å². The number of aryl methyl sites for hydroxylation is 1. The maximum absolute atomic E-state index is 13.7. The lowest BCUT2D eigenvalue weighted by Gasteiger charge is -2.06. The number of aromatic nitrogens is 2. The Hall–Kier alpha value is -0.460. The zero-order valence-electron chi connectivity index (χ0n) is 9.35. The topological polar surface area (TPSA) is 25.8 Å². The van der Waals surface area contributed by atoms with E-state index in [1.165, 1.54) is 6.07 Å². The molecular formula is C12H8Cl2FIN2. The highest BCUT2D eigenvalue weighted by atomic mass is 127. The number of halogens is 4. The van der Waals surface area contributed by atoms with Crippen LogP contribution in [-0.2, 0) is 6.42 Å². The first kappa shape index (κ1) is 14.0. The second kappa shape index (κ2) is 5.67. The molecule has 0 saturated heterocycles. The van der Waals surface area contributed by atoms with Crippen LogP contribution in [0.5, 0.6) is 0 Å². The van der Waals surface area contributed by atoms with Gasteiger partial charge in [-0.2, -0.15) is 0 Å². The molecule has 1 aromatic heterocycles. The molecule has 0 spiro atoms. The fourth-order valence-electron chi connectivity index (χ4n) is 1.51. The molecule has 2 aromatic rings.